The van der Waals surface area contributed by atoms with Crippen molar-refractivity contribution in [3.8, 4) is 11.5 Å². The van der Waals surface area contributed by atoms with Crippen molar-refractivity contribution in [2.24, 2.45) is 5.92 Å². The predicted octanol–water partition coefficient (Wildman–Crippen LogP) is 1.62. The Morgan fingerprint density at radius 1 is 1.09 bits per heavy atom. The zero-order valence-corrected chi connectivity index (χ0v) is 19.8. The molecule has 3 rings (SSSR count). The van der Waals surface area contributed by atoms with Gasteiger partial charge in [-0.2, -0.15) is 4.31 Å². The average molecular weight is 492 g/mol. The zero-order chi connectivity index (χ0) is 24.4. The summed E-state index contributed by atoms with van der Waals surface area (Å²) < 4.78 is 42.6. The topological polar surface area (TPSA) is 124 Å². The molecule has 1 aromatic heterocycles. The van der Waals surface area contributed by atoms with Gasteiger partial charge in [0.15, 0.2) is 6.61 Å². The molecule has 0 radical (unpaired) electrons. The molecule has 2 heterocycles. The maximum atomic E-state index is 12.6. The van der Waals surface area contributed by atoms with E-state index in [0.29, 0.717) is 25.2 Å². The number of pyridine rings is 1. The summed E-state index contributed by atoms with van der Waals surface area (Å²) in [5.74, 6) is 0.0300. The molecule has 11 heteroatoms. The Morgan fingerprint density at radius 3 is 2.38 bits per heavy atom. The number of benzene rings is 1. The van der Waals surface area contributed by atoms with Crippen molar-refractivity contribution in [3.05, 3.63) is 48.8 Å². The molecule has 1 saturated heterocycles. The first kappa shape index (κ1) is 25.4. The molecule has 1 fully saturated rings. The number of nitrogens with zero attached hydrogens (tertiary/aromatic N) is 2. The molecule has 1 aromatic carbocycles. The summed E-state index contributed by atoms with van der Waals surface area (Å²) in [5, 5.41) is 2.63. The third-order valence-electron chi connectivity index (χ3n) is 5.23. The molecule has 10 nitrogen and oxygen atoms in total. The quantitative estimate of drug-likeness (QED) is 0.371. The molecule has 0 saturated carbocycles. The summed E-state index contributed by atoms with van der Waals surface area (Å²) in [7, 11) is -3.64. The van der Waals surface area contributed by atoms with Gasteiger partial charge >= 0.3 is 5.97 Å². The van der Waals surface area contributed by atoms with Crippen molar-refractivity contribution in [2.45, 2.75) is 24.7 Å². The highest BCUT2D eigenvalue weighted by atomic mass is 32.2. The second-order valence-electron chi connectivity index (χ2n) is 7.58. The highest BCUT2D eigenvalue weighted by Crippen LogP contribution is 2.24. The number of piperidine rings is 1. The van der Waals surface area contributed by atoms with Crippen LogP contribution < -0.4 is 14.8 Å². The second kappa shape index (κ2) is 12.3. The van der Waals surface area contributed by atoms with Gasteiger partial charge in [0.25, 0.3) is 5.91 Å². The van der Waals surface area contributed by atoms with Crippen molar-refractivity contribution in [1.82, 2.24) is 14.6 Å². The van der Waals surface area contributed by atoms with Crippen LogP contribution in [0.15, 0.2) is 53.7 Å². The minimum atomic E-state index is -3.64. The van der Waals surface area contributed by atoms with Crippen LogP contribution in [0, 0.1) is 5.92 Å². The number of sulfonamides is 1. The number of hydrogen-bond acceptors (Lipinski definition) is 8. The van der Waals surface area contributed by atoms with Crippen LogP contribution in [0.1, 0.15) is 19.8 Å². The van der Waals surface area contributed by atoms with Gasteiger partial charge < -0.3 is 19.5 Å². The minimum absolute atomic E-state index is 0.124. The number of nitrogens with one attached hydrogen (secondary N) is 1. The fraction of sp³-hybridized carbons (Fsp3) is 0.435. The van der Waals surface area contributed by atoms with E-state index in [2.05, 4.69) is 10.3 Å². The maximum absolute atomic E-state index is 12.6. The van der Waals surface area contributed by atoms with E-state index >= 15 is 0 Å². The number of amides is 1. The lowest BCUT2D eigenvalue weighted by molar-refractivity contribution is -0.153. The number of hydrogen-bond donors (Lipinski definition) is 1. The van der Waals surface area contributed by atoms with Gasteiger partial charge in [-0.3, -0.25) is 14.6 Å². The van der Waals surface area contributed by atoms with Crippen LogP contribution in [0.4, 0.5) is 0 Å². The van der Waals surface area contributed by atoms with Crippen LogP contribution in [0.5, 0.6) is 11.5 Å². The Balaban J connectivity index is 1.32. The molecule has 0 aliphatic carbocycles. The van der Waals surface area contributed by atoms with Gasteiger partial charge in [-0.15, -0.1) is 0 Å². The molecular weight excluding hydrogens is 462 g/mol. The van der Waals surface area contributed by atoms with E-state index in [1.807, 2.05) is 6.92 Å². The molecule has 0 unspecified atom stereocenters. The SMILES string of the molecule is CCOc1ccc(OCCNC(=O)COC(=O)C2CCN(S(=O)(=O)c3cccnc3)CC2)cc1. The van der Waals surface area contributed by atoms with Crippen LogP contribution in [-0.4, -0.2) is 69.0 Å². The van der Waals surface area contributed by atoms with Crippen LogP contribution in [0.25, 0.3) is 0 Å². The van der Waals surface area contributed by atoms with Gasteiger partial charge in [0.2, 0.25) is 10.0 Å². The summed E-state index contributed by atoms with van der Waals surface area (Å²) in [6.45, 7) is 3.02. The minimum Gasteiger partial charge on any atom is -0.494 e. The lowest BCUT2D eigenvalue weighted by atomic mass is 9.98. The fourth-order valence-electron chi connectivity index (χ4n) is 3.44. The van der Waals surface area contributed by atoms with Crippen LogP contribution in [0.2, 0.25) is 0 Å². The Morgan fingerprint density at radius 2 is 1.76 bits per heavy atom. The number of aromatic nitrogens is 1. The number of carbonyl (C=O) groups excluding carboxylic acids is 2. The van der Waals surface area contributed by atoms with Gasteiger partial charge in [0.05, 0.1) is 19.1 Å². The number of rotatable bonds is 11. The molecule has 0 atom stereocenters. The number of ether oxygens (including phenoxy) is 3. The molecule has 184 valence electrons. The van der Waals surface area contributed by atoms with Crippen molar-refractivity contribution in [3.63, 3.8) is 0 Å². The predicted molar refractivity (Wildman–Crippen MR) is 123 cm³/mol. The monoisotopic (exact) mass is 491 g/mol. The molecule has 0 bridgehead atoms. The highest BCUT2D eigenvalue weighted by molar-refractivity contribution is 7.89. The van der Waals surface area contributed by atoms with Crippen LogP contribution >= 0.6 is 0 Å². The normalized spacial score (nSPS) is 14.9. The molecule has 34 heavy (non-hydrogen) atoms. The molecule has 1 N–H and O–H groups in total. The molecule has 1 aliphatic rings. The zero-order valence-electron chi connectivity index (χ0n) is 19.0. The summed E-state index contributed by atoms with van der Waals surface area (Å²) in [4.78, 5) is 28.2. The maximum Gasteiger partial charge on any atom is 0.309 e. The van der Waals surface area contributed by atoms with Gasteiger partial charge in [0.1, 0.15) is 23.0 Å². The molecule has 1 amide bonds. The Bertz CT molecular complexity index is 1040. The van der Waals surface area contributed by atoms with Crippen molar-refractivity contribution < 1.29 is 32.2 Å². The summed E-state index contributed by atoms with van der Waals surface area (Å²) >= 11 is 0. The molecule has 1 aliphatic heterocycles. The van der Waals surface area contributed by atoms with E-state index in [1.165, 1.54) is 22.8 Å². The summed E-state index contributed by atoms with van der Waals surface area (Å²) in [6.07, 6.45) is 3.47. The van der Waals surface area contributed by atoms with Crippen molar-refractivity contribution >= 4 is 21.9 Å². The van der Waals surface area contributed by atoms with Crippen LogP contribution in [0.3, 0.4) is 0 Å². The molecule has 0 spiro atoms. The lowest BCUT2D eigenvalue weighted by Crippen LogP contribution is -2.41. The second-order valence-corrected chi connectivity index (χ2v) is 9.52. The van der Waals surface area contributed by atoms with E-state index in [-0.39, 0.29) is 31.1 Å². The smallest absolute Gasteiger partial charge is 0.309 e. The van der Waals surface area contributed by atoms with Gasteiger partial charge in [-0.05, 0) is 56.2 Å². The molecular formula is C23H29N3O7S. The first-order valence-corrected chi connectivity index (χ1v) is 12.5. The van der Waals surface area contributed by atoms with Gasteiger partial charge in [0, 0.05) is 25.5 Å². The van der Waals surface area contributed by atoms with Gasteiger partial charge in [-0.1, -0.05) is 0 Å². The van der Waals surface area contributed by atoms with E-state index in [1.54, 1.807) is 30.3 Å². The number of esters is 1. The van der Waals surface area contributed by atoms with E-state index in [4.69, 9.17) is 14.2 Å². The lowest BCUT2D eigenvalue weighted by Gasteiger charge is -2.29. The van der Waals surface area contributed by atoms with E-state index < -0.39 is 34.4 Å². The highest BCUT2D eigenvalue weighted by Gasteiger charge is 2.33. The van der Waals surface area contributed by atoms with E-state index in [0.717, 1.165) is 5.75 Å². The van der Waals surface area contributed by atoms with Gasteiger partial charge in [-0.25, -0.2) is 8.42 Å². The molecule has 2 aromatic rings. The van der Waals surface area contributed by atoms with Crippen LogP contribution in [-0.2, 0) is 24.3 Å². The third kappa shape index (κ3) is 7.16. The fourth-order valence-corrected chi connectivity index (χ4v) is 4.88. The first-order valence-electron chi connectivity index (χ1n) is 11.1. The standard InChI is InChI=1S/C23H29N3O7S/c1-2-31-19-5-7-20(8-6-19)32-15-12-25-22(27)17-33-23(28)18-9-13-26(14-10-18)34(29,30)21-4-3-11-24-16-21/h3-8,11,16,18H,2,9-10,12-15,17H2,1H3,(H,25,27). The third-order valence-corrected chi connectivity index (χ3v) is 7.11. The largest absolute Gasteiger partial charge is 0.494 e. The summed E-state index contributed by atoms with van der Waals surface area (Å²) in [6, 6.07) is 10.2. The average Bonchev–Trinajstić information content (AvgIpc) is 2.87. The summed E-state index contributed by atoms with van der Waals surface area (Å²) in [5.41, 5.74) is 0. The first-order chi connectivity index (χ1) is 16.4. The Labute approximate surface area is 199 Å². The van der Waals surface area contributed by atoms with Crippen molar-refractivity contribution in [2.75, 3.05) is 39.5 Å². The van der Waals surface area contributed by atoms with E-state index in [9.17, 15) is 18.0 Å². The number of carbonyl (C=O) groups is 2. The van der Waals surface area contributed by atoms with Crippen molar-refractivity contribution in [1.29, 1.82) is 0 Å². The Hall–Kier alpha value is -3.18. The Kier molecular flexibility index (Phi) is 9.23.